The predicted molar refractivity (Wildman–Crippen MR) is 193 cm³/mol. The van der Waals surface area contributed by atoms with Gasteiger partial charge in [0.15, 0.2) is 6.61 Å². The van der Waals surface area contributed by atoms with Crippen molar-refractivity contribution >= 4 is 28.5 Å². The van der Waals surface area contributed by atoms with Gasteiger partial charge in [-0.1, -0.05) is 77.1 Å². The van der Waals surface area contributed by atoms with Gasteiger partial charge in [-0.05, 0) is 129 Å². The SMILES string of the molecule is CC(C)CCCC(C)C1CCC2C3CC=C4CC(OC(=O)COc5cc6oc(=O)c7c(c6cc5Cl)CCCC7)CCC4(C)C3CCC12C. The number of hydrogen-bond donors (Lipinski definition) is 0. The molecule has 5 nitrogen and oxygen atoms in total. The van der Waals surface area contributed by atoms with Gasteiger partial charge in [-0.25, -0.2) is 9.59 Å². The fraction of sp³-hybridized carbons (Fsp3) is 0.714. The van der Waals surface area contributed by atoms with E-state index in [0.717, 1.165) is 97.0 Å². The molecule has 5 aliphatic carbocycles. The van der Waals surface area contributed by atoms with Crippen LogP contribution in [-0.4, -0.2) is 18.7 Å². The summed E-state index contributed by atoms with van der Waals surface area (Å²) in [4.78, 5) is 25.6. The second-order valence-electron chi connectivity index (χ2n) is 17.3. The lowest BCUT2D eigenvalue weighted by Gasteiger charge is -2.58. The number of rotatable bonds is 9. The van der Waals surface area contributed by atoms with Gasteiger partial charge in [0, 0.05) is 23.4 Å². The number of hydrogen-bond acceptors (Lipinski definition) is 5. The molecule has 2 aromatic rings. The van der Waals surface area contributed by atoms with Crippen molar-refractivity contribution in [3.05, 3.63) is 50.4 Å². The quantitative estimate of drug-likeness (QED) is 0.150. The van der Waals surface area contributed by atoms with Crippen molar-refractivity contribution < 1.29 is 18.7 Å². The van der Waals surface area contributed by atoms with Crippen LogP contribution in [0.5, 0.6) is 5.75 Å². The van der Waals surface area contributed by atoms with Gasteiger partial charge in [0.05, 0.1) is 5.02 Å². The van der Waals surface area contributed by atoms with Crippen LogP contribution < -0.4 is 10.4 Å². The number of benzene rings is 1. The van der Waals surface area contributed by atoms with E-state index < -0.39 is 0 Å². The lowest BCUT2D eigenvalue weighted by molar-refractivity contribution is -0.153. The molecular weight excluding hydrogens is 620 g/mol. The van der Waals surface area contributed by atoms with Crippen molar-refractivity contribution in [2.45, 2.75) is 137 Å². The number of fused-ring (bicyclic) bond motifs is 8. The van der Waals surface area contributed by atoms with Crippen LogP contribution in [-0.2, 0) is 22.4 Å². The first kappa shape index (κ1) is 34.2. The molecule has 48 heavy (non-hydrogen) atoms. The number of ether oxygens (including phenoxy) is 2. The molecule has 0 N–H and O–H groups in total. The van der Waals surface area contributed by atoms with Crippen LogP contribution >= 0.6 is 11.6 Å². The minimum absolute atomic E-state index is 0.120. The van der Waals surface area contributed by atoms with Crippen LogP contribution in [0.3, 0.4) is 0 Å². The largest absolute Gasteiger partial charge is 0.480 e. The van der Waals surface area contributed by atoms with E-state index in [2.05, 4.69) is 40.7 Å². The number of carbonyl (C=O) groups is 1. The van der Waals surface area contributed by atoms with E-state index >= 15 is 0 Å². The Bertz CT molecular complexity index is 1620. The van der Waals surface area contributed by atoms with Crippen LogP contribution in [0.4, 0.5) is 0 Å². The molecule has 3 fully saturated rings. The van der Waals surface area contributed by atoms with E-state index in [1.807, 2.05) is 6.07 Å². The lowest BCUT2D eigenvalue weighted by atomic mass is 9.47. The van der Waals surface area contributed by atoms with Gasteiger partial charge in [-0.15, -0.1) is 0 Å². The van der Waals surface area contributed by atoms with Crippen LogP contribution in [0.25, 0.3) is 11.0 Å². The third-order valence-corrected chi connectivity index (χ3v) is 14.5. The standard InChI is InChI=1S/C42H57ClO5/c1-25(2)9-8-10-26(3)33-15-16-34-31-14-13-27-21-28(17-19-41(27,4)35(31)18-20-42(33,34)5)47-39(44)24-46-38-23-37-32(22-36(38)43)29-11-6-7-12-30(29)40(45)48-37/h13,22-23,25-26,28,31,33-35H,6-12,14-21,24H2,1-5H3. The Morgan fingerprint density at radius 1 is 1.00 bits per heavy atom. The average molecular weight is 677 g/mol. The first-order valence-electron chi connectivity index (χ1n) is 19.3. The number of esters is 1. The van der Waals surface area contributed by atoms with E-state index in [1.54, 1.807) is 6.07 Å². The molecule has 5 aliphatic rings. The molecule has 3 saturated carbocycles. The van der Waals surface area contributed by atoms with Crippen molar-refractivity contribution in [3.8, 4) is 5.75 Å². The molecule has 0 bridgehead atoms. The van der Waals surface area contributed by atoms with Crippen molar-refractivity contribution in [2.75, 3.05) is 6.61 Å². The fourth-order valence-corrected chi connectivity index (χ4v) is 11.9. The smallest absolute Gasteiger partial charge is 0.344 e. The van der Waals surface area contributed by atoms with Gasteiger partial charge in [-0.3, -0.25) is 0 Å². The molecule has 0 radical (unpaired) electrons. The Kier molecular flexibility index (Phi) is 9.58. The maximum absolute atomic E-state index is 13.0. The Labute approximate surface area is 292 Å². The molecule has 262 valence electrons. The van der Waals surface area contributed by atoms with Gasteiger partial charge in [0.25, 0.3) is 0 Å². The van der Waals surface area contributed by atoms with E-state index in [1.165, 1.54) is 56.9 Å². The highest BCUT2D eigenvalue weighted by Crippen LogP contribution is 2.67. The Hall–Kier alpha value is -2.27. The molecule has 1 aromatic heterocycles. The van der Waals surface area contributed by atoms with E-state index in [-0.39, 0.29) is 29.7 Å². The molecule has 0 amide bonds. The summed E-state index contributed by atoms with van der Waals surface area (Å²) in [6.07, 6.45) is 19.7. The summed E-state index contributed by atoms with van der Waals surface area (Å²) in [5, 5.41) is 1.27. The number of carbonyl (C=O) groups excluding carboxylic acids is 1. The summed E-state index contributed by atoms with van der Waals surface area (Å²) in [5.41, 5.74) is 4.19. The lowest BCUT2D eigenvalue weighted by Crippen LogP contribution is -2.51. The predicted octanol–water partition coefficient (Wildman–Crippen LogP) is 10.7. The van der Waals surface area contributed by atoms with Gasteiger partial charge in [0.2, 0.25) is 0 Å². The zero-order valence-corrected chi connectivity index (χ0v) is 30.8. The monoisotopic (exact) mass is 676 g/mol. The zero-order chi connectivity index (χ0) is 33.8. The van der Waals surface area contributed by atoms with Gasteiger partial charge < -0.3 is 13.9 Å². The summed E-state index contributed by atoms with van der Waals surface area (Å²) in [6, 6.07) is 3.45. The highest BCUT2D eigenvalue weighted by atomic mass is 35.5. The van der Waals surface area contributed by atoms with Crippen LogP contribution in [0, 0.1) is 46.3 Å². The third-order valence-electron chi connectivity index (χ3n) is 14.2. The molecule has 8 atom stereocenters. The molecule has 7 rings (SSSR count). The van der Waals surface area contributed by atoms with Gasteiger partial charge >= 0.3 is 11.6 Å². The third kappa shape index (κ3) is 6.17. The summed E-state index contributed by atoms with van der Waals surface area (Å²) in [6.45, 7) is 12.2. The topological polar surface area (TPSA) is 65.7 Å². The summed E-state index contributed by atoms with van der Waals surface area (Å²) in [5.74, 6) is 4.84. The fourth-order valence-electron chi connectivity index (χ4n) is 11.7. The molecular formula is C42H57ClO5. The first-order chi connectivity index (χ1) is 23.0. The molecule has 1 aromatic carbocycles. The van der Waals surface area contributed by atoms with Crippen molar-refractivity contribution in [1.29, 1.82) is 0 Å². The first-order valence-corrected chi connectivity index (χ1v) is 19.7. The molecule has 8 unspecified atom stereocenters. The van der Waals surface area contributed by atoms with Crippen LogP contribution in [0.15, 0.2) is 33.0 Å². The normalized spacial score (nSPS) is 33.3. The highest BCUT2D eigenvalue weighted by Gasteiger charge is 2.59. The second kappa shape index (κ2) is 13.5. The van der Waals surface area contributed by atoms with E-state index in [4.69, 9.17) is 25.5 Å². The summed E-state index contributed by atoms with van der Waals surface area (Å²) in [7, 11) is 0. The van der Waals surface area contributed by atoms with Crippen molar-refractivity contribution in [2.24, 2.45) is 46.3 Å². The molecule has 6 heteroatoms. The average Bonchev–Trinajstić information content (AvgIpc) is 3.42. The van der Waals surface area contributed by atoms with E-state index in [9.17, 15) is 9.59 Å². The van der Waals surface area contributed by atoms with E-state index in [0.29, 0.717) is 21.8 Å². The summed E-state index contributed by atoms with van der Waals surface area (Å²) < 4.78 is 17.5. The summed E-state index contributed by atoms with van der Waals surface area (Å²) >= 11 is 6.60. The maximum atomic E-state index is 13.0. The zero-order valence-electron chi connectivity index (χ0n) is 30.0. The Morgan fingerprint density at radius 2 is 1.79 bits per heavy atom. The molecule has 0 saturated heterocycles. The Balaban J connectivity index is 0.966. The van der Waals surface area contributed by atoms with Gasteiger partial charge in [-0.2, -0.15) is 0 Å². The minimum Gasteiger partial charge on any atom is -0.480 e. The number of aryl methyl sites for hydroxylation is 1. The van der Waals surface area contributed by atoms with Crippen molar-refractivity contribution in [1.82, 2.24) is 0 Å². The maximum Gasteiger partial charge on any atom is 0.344 e. The molecule has 1 heterocycles. The number of allylic oxidation sites excluding steroid dienone is 1. The van der Waals surface area contributed by atoms with Crippen LogP contribution in [0.2, 0.25) is 5.02 Å². The van der Waals surface area contributed by atoms with Gasteiger partial charge in [0.1, 0.15) is 17.4 Å². The van der Waals surface area contributed by atoms with Crippen molar-refractivity contribution in [3.63, 3.8) is 0 Å². The molecule has 0 spiro atoms. The second-order valence-corrected chi connectivity index (χ2v) is 17.7. The highest BCUT2D eigenvalue weighted by molar-refractivity contribution is 6.32. The number of halogens is 1. The molecule has 0 aliphatic heterocycles. The van der Waals surface area contributed by atoms with Crippen LogP contribution in [0.1, 0.15) is 129 Å². The Morgan fingerprint density at radius 3 is 2.58 bits per heavy atom. The minimum atomic E-state index is -0.381.